The molecule has 1 N–H and O–H groups in total. The highest BCUT2D eigenvalue weighted by Crippen LogP contribution is 2.41. The van der Waals surface area contributed by atoms with Gasteiger partial charge in [-0.15, -0.1) is 0 Å². The van der Waals surface area contributed by atoms with Crippen LogP contribution in [0.4, 0.5) is 10.2 Å². The van der Waals surface area contributed by atoms with Crippen molar-refractivity contribution < 1.29 is 18.7 Å². The van der Waals surface area contributed by atoms with Crippen LogP contribution >= 0.6 is 23.2 Å². The van der Waals surface area contributed by atoms with E-state index in [1.807, 2.05) is 0 Å². The number of anilines is 1. The molecule has 226 valence electrons. The number of hydrogen-bond donors (Lipinski definition) is 1. The molecule has 0 radical (unpaired) electrons. The average molecular weight is 630 g/mol. The van der Waals surface area contributed by atoms with Crippen LogP contribution in [-0.4, -0.2) is 93.3 Å². The van der Waals surface area contributed by atoms with Crippen LogP contribution in [0.15, 0.2) is 31.0 Å². The van der Waals surface area contributed by atoms with E-state index < -0.39 is 5.82 Å². The fourth-order valence-corrected chi connectivity index (χ4v) is 6.21. The van der Waals surface area contributed by atoms with E-state index in [9.17, 15) is 9.18 Å². The lowest BCUT2D eigenvalue weighted by atomic mass is 10.0. The number of benzene rings is 1. The molecule has 43 heavy (non-hydrogen) atoms. The third kappa shape index (κ3) is 5.78. The lowest BCUT2D eigenvalue weighted by molar-refractivity contribution is -0.126. The van der Waals surface area contributed by atoms with E-state index in [1.54, 1.807) is 11.0 Å². The number of likely N-dealkylation sites (tertiary alicyclic amines) is 1. The van der Waals surface area contributed by atoms with Crippen LogP contribution in [0.1, 0.15) is 19.8 Å². The average Bonchev–Trinajstić information content (AvgIpc) is 3.60. The van der Waals surface area contributed by atoms with Gasteiger partial charge in [-0.2, -0.15) is 20.1 Å². The second-order valence-corrected chi connectivity index (χ2v) is 11.6. The number of pyridine rings is 1. The monoisotopic (exact) mass is 628 g/mol. The van der Waals surface area contributed by atoms with Crippen molar-refractivity contribution in [3.63, 3.8) is 0 Å². The number of halogens is 3. The SMILES string of the molecule is C=CC(=O)N1CCN(c2nc(O[C@@H]3CN(C)C[C@H]3CCC)nc3c(Oc4c(Cl)c(F)cc5[nH]ncc45)nc(Cl)cc23)CC1. The molecular weight excluding hydrogens is 598 g/mol. The zero-order chi connectivity index (χ0) is 30.2. The van der Waals surface area contributed by atoms with Gasteiger partial charge in [0.2, 0.25) is 11.8 Å². The van der Waals surface area contributed by atoms with Gasteiger partial charge >= 0.3 is 6.01 Å². The number of aromatic amines is 1. The van der Waals surface area contributed by atoms with E-state index in [-0.39, 0.29) is 39.8 Å². The minimum Gasteiger partial charge on any atom is -0.458 e. The topological polar surface area (TPSA) is 113 Å². The van der Waals surface area contributed by atoms with Gasteiger partial charge in [-0.1, -0.05) is 43.1 Å². The van der Waals surface area contributed by atoms with Gasteiger partial charge in [0, 0.05) is 51.3 Å². The van der Waals surface area contributed by atoms with Crippen molar-refractivity contribution in [2.24, 2.45) is 5.92 Å². The molecule has 0 spiro atoms. The van der Waals surface area contributed by atoms with E-state index in [0.717, 1.165) is 25.9 Å². The molecule has 2 saturated heterocycles. The Morgan fingerprint density at radius 1 is 1.16 bits per heavy atom. The second-order valence-electron chi connectivity index (χ2n) is 10.9. The van der Waals surface area contributed by atoms with Crippen LogP contribution < -0.4 is 14.4 Å². The van der Waals surface area contributed by atoms with E-state index in [0.29, 0.717) is 59.7 Å². The van der Waals surface area contributed by atoms with Crippen LogP contribution in [0.2, 0.25) is 10.2 Å². The number of nitrogens with one attached hydrogen (secondary N) is 1. The molecule has 5 heterocycles. The quantitative estimate of drug-likeness (QED) is 0.211. The van der Waals surface area contributed by atoms with Crippen LogP contribution in [0, 0.1) is 11.7 Å². The summed E-state index contributed by atoms with van der Waals surface area (Å²) in [6.07, 6.45) is 4.75. The lowest BCUT2D eigenvalue weighted by Gasteiger charge is -2.35. The highest BCUT2D eigenvalue weighted by Gasteiger charge is 2.33. The summed E-state index contributed by atoms with van der Waals surface area (Å²) in [7, 11) is 2.07. The molecule has 1 aromatic carbocycles. The third-order valence-corrected chi connectivity index (χ3v) is 8.46. The maximum absolute atomic E-state index is 14.7. The standard InChI is InChI=1S/C29H31Cl2FN8O3/c1-4-6-16-14-38(3)15-21(16)42-29-35-25-17(27(36-29)40-9-7-39(8-10-40)23(41)5-2)11-22(30)34-28(25)43-26-18-13-33-37-20(18)12-19(32)24(26)31/h5,11-13,16,21H,2,4,6-10,14-15H2,1,3H3,(H,33,37)/t16-,21-/m1/s1. The summed E-state index contributed by atoms with van der Waals surface area (Å²) in [6, 6.07) is 3.07. The highest BCUT2D eigenvalue weighted by atomic mass is 35.5. The number of carbonyl (C=O) groups is 1. The molecule has 14 heteroatoms. The normalized spacial score (nSPS) is 19.4. The number of piperazine rings is 1. The molecule has 2 aliphatic rings. The van der Waals surface area contributed by atoms with Crippen molar-refractivity contribution >= 4 is 56.7 Å². The summed E-state index contributed by atoms with van der Waals surface area (Å²) in [6.45, 7) is 9.41. The number of ether oxygens (including phenoxy) is 2. The highest BCUT2D eigenvalue weighted by molar-refractivity contribution is 6.33. The maximum atomic E-state index is 14.7. The van der Waals surface area contributed by atoms with Crippen molar-refractivity contribution in [1.82, 2.24) is 34.9 Å². The third-order valence-electron chi connectivity index (χ3n) is 7.92. The summed E-state index contributed by atoms with van der Waals surface area (Å²) in [5.74, 6) is 0.131. The predicted molar refractivity (Wildman–Crippen MR) is 163 cm³/mol. The number of carbonyl (C=O) groups excluding carboxylic acids is 1. The lowest BCUT2D eigenvalue weighted by Crippen LogP contribution is -2.48. The largest absolute Gasteiger partial charge is 0.458 e. The van der Waals surface area contributed by atoms with Crippen molar-refractivity contribution in [2.75, 3.05) is 51.2 Å². The van der Waals surface area contributed by atoms with Gasteiger partial charge in [0.25, 0.3) is 0 Å². The van der Waals surface area contributed by atoms with Gasteiger partial charge in [0.1, 0.15) is 33.4 Å². The van der Waals surface area contributed by atoms with Crippen molar-refractivity contribution in [3.05, 3.63) is 47.0 Å². The van der Waals surface area contributed by atoms with Crippen LogP contribution in [-0.2, 0) is 4.79 Å². The number of aromatic nitrogens is 5. The van der Waals surface area contributed by atoms with E-state index in [2.05, 4.69) is 45.5 Å². The Kier molecular flexibility index (Phi) is 8.25. The molecule has 3 aromatic heterocycles. The Labute approximate surface area is 257 Å². The molecular formula is C29H31Cl2FN8O3. The van der Waals surface area contributed by atoms with Gasteiger partial charge in [0.05, 0.1) is 22.5 Å². The first-order valence-corrected chi connectivity index (χ1v) is 14.9. The molecule has 6 rings (SSSR count). The zero-order valence-corrected chi connectivity index (χ0v) is 25.3. The molecule has 0 bridgehead atoms. The van der Waals surface area contributed by atoms with Gasteiger partial charge in [-0.3, -0.25) is 9.89 Å². The molecule has 0 aliphatic carbocycles. The Morgan fingerprint density at radius 3 is 2.70 bits per heavy atom. The number of rotatable bonds is 8. The van der Waals surface area contributed by atoms with Crippen molar-refractivity contribution in [1.29, 1.82) is 0 Å². The number of nitrogens with zero attached hydrogens (tertiary/aromatic N) is 7. The van der Waals surface area contributed by atoms with Crippen molar-refractivity contribution in [2.45, 2.75) is 25.9 Å². The smallest absolute Gasteiger partial charge is 0.319 e. The minimum absolute atomic E-state index is 0.0140. The minimum atomic E-state index is -0.682. The van der Waals surface area contributed by atoms with Crippen molar-refractivity contribution in [3.8, 4) is 17.6 Å². The molecule has 1 amide bonds. The summed E-state index contributed by atoms with van der Waals surface area (Å²) < 4.78 is 27.4. The Hall–Kier alpha value is -3.74. The molecule has 2 fully saturated rings. The summed E-state index contributed by atoms with van der Waals surface area (Å²) in [5, 5.41) is 7.66. The molecule has 2 aliphatic heterocycles. The number of fused-ring (bicyclic) bond motifs is 2. The van der Waals surface area contributed by atoms with Crippen LogP contribution in [0.25, 0.3) is 21.8 Å². The molecule has 4 aromatic rings. The van der Waals surface area contributed by atoms with E-state index in [4.69, 9.17) is 42.6 Å². The first-order valence-electron chi connectivity index (χ1n) is 14.1. The van der Waals surface area contributed by atoms with Crippen LogP contribution in [0.5, 0.6) is 17.6 Å². The summed E-state index contributed by atoms with van der Waals surface area (Å²) >= 11 is 12.9. The fourth-order valence-electron chi connectivity index (χ4n) is 5.83. The van der Waals surface area contributed by atoms with E-state index in [1.165, 1.54) is 18.3 Å². The molecule has 0 saturated carbocycles. The van der Waals surface area contributed by atoms with Gasteiger partial charge in [0.15, 0.2) is 5.75 Å². The predicted octanol–water partition coefficient (Wildman–Crippen LogP) is 5.08. The molecule has 0 unspecified atom stereocenters. The van der Waals surface area contributed by atoms with Crippen LogP contribution in [0.3, 0.4) is 0 Å². The number of hydrogen-bond acceptors (Lipinski definition) is 9. The number of amides is 1. The van der Waals surface area contributed by atoms with Gasteiger partial charge in [-0.05, 0) is 25.6 Å². The van der Waals surface area contributed by atoms with Gasteiger partial charge in [-0.25, -0.2) is 4.39 Å². The first kappa shape index (κ1) is 29.3. The Bertz CT molecular complexity index is 1690. The number of likely N-dealkylation sites (N-methyl/N-ethyl adjacent to an activating group) is 1. The fraction of sp³-hybridized carbons (Fsp3) is 0.414. The second kappa shape index (κ2) is 12.1. The Balaban J connectivity index is 1.45. The first-order chi connectivity index (χ1) is 20.7. The molecule has 11 nitrogen and oxygen atoms in total. The number of H-pyrrole nitrogens is 1. The maximum Gasteiger partial charge on any atom is 0.319 e. The summed E-state index contributed by atoms with van der Waals surface area (Å²) in [5.41, 5.74) is 0.728. The Morgan fingerprint density at radius 2 is 1.95 bits per heavy atom. The molecule has 2 atom stereocenters. The summed E-state index contributed by atoms with van der Waals surface area (Å²) in [4.78, 5) is 32.3. The zero-order valence-electron chi connectivity index (χ0n) is 23.8. The van der Waals surface area contributed by atoms with E-state index >= 15 is 0 Å². The van der Waals surface area contributed by atoms with Gasteiger partial charge < -0.3 is 24.2 Å².